The number of phenols is 1. The van der Waals surface area contributed by atoms with Gasteiger partial charge in [0.25, 0.3) is 15.9 Å². The minimum atomic E-state index is -4.04. The lowest BCUT2D eigenvalue weighted by Crippen LogP contribution is -2.15. The maximum absolute atomic E-state index is 12.8. The number of carbonyl (C=O) groups excluding carboxylic acids is 1. The number of hydrogen-bond acceptors (Lipinski definition) is 8. The number of nitrogens with one attached hydrogen (secondary N) is 2. The number of aromatic nitrogens is 1. The summed E-state index contributed by atoms with van der Waals surface area (Å²) >= 11 is 1.43. The molecule has 0 radical (unpaired) electrons. The van der Waals surface area contributed by atoms with Crippen LogP contribution >= 0.6 is 11.3 Å². The minimum absolute atomic E-state index is 0.0202. The van der Waals surface area contributed by atoms with E-state index in [0.717, 1.165) is 10.9 Å². The Labute approximate surface area is 187 Å². The Hall–Kier alpha value is -3.83. The molecule has 0 atom stereocenters. The fourth-order valence-electron chi connectivity index (χ4n) is 2.82. The lowest BCUT2D eigenvalue weighted by molar-refractivity contribution is 0.101. The van der Waals surface area contributed by atoms with Gasteiger partial charge in [-0.25, -0.2) is 8.42 Å². The highest BCUT2D eigenvalue weighted by molar-refractivity contribution is 7.92. The van der Waals surface area contributed by atoms with Crippen molar-refractivity contribution in [2.24, 2.45) is 0 Å². The first-order valence-electron chi connectivity index (χ1n) is 9.18. The number of sulfonamides is 1. The van der Waals surface area contributed by atoms with Crippen LogP contribution in [-0.2, 0) is 10.0 Å². The number of phenolic OH excluding ortho intramolecular Hbond substituents is 1. The van der Waals surface area contributed by atoms with Crippen molar-refractivity contribution >= 4 is 38.6 Å². The van der Waals surface area contributed by atoms with Crippen molar-refractivity contribution in [2.45, 2.75) is 4.90 Å². The number of thiophene rings is 1. The molecule has 0 saturated heterocycles. The summed E-state index contributed by atoms with van der Waals surface area (Å²) in [6.45, 7) is 0. The predicted octanol–water partition coefficient (Wildman–Crippen LogP) is 4.17. The van der Waals surface area contributed by atoms with Gasteiger partial charge in [-0.15, -0.1) is 11.3 Å². The molecule has 32 heavy (non-hydrogen) atoms. The monoisotopic (exact) mass is 471 g/mol. The molecule has 11 heteroatoms. The smallest absolute Gasteiger partial charge is 0.277 e. The average molecular weight is 472 g/mol. The Morgan fingerprint density at radius 2 is 1.91 bits per heavy atom. The number of para-hydroxylation sites is 2. The van der Waals surface area contributed by atoms with Crippen LogP contribution in [0, 0.1) is 0 Å². The molecule has 9 nitrogen and oxygen atoms in total. The summed E-state index contributed by atoms with van der Waals surface area (Å²) in [6.07, 6.45) is 0. The van der Waals surface area contributed by atoms with Crippen molar-refractivity contribution in [1.82, 2.24) is 5.16 Å². The van der Waals surface area contributed by atoms with E-state index in [2.05, 4.69) is 15.2 Å². The zero-order chi connectivity index (χ0) is 22.7. The zero-order valence-corrected chi connectivity index (χ0v) is 18.2. The van der Waals surface area contributed by atoms with Crippen LogP contribution in [0.3, 0.4) is 0 Å². The first-order valence-corrected chi connectivity index (χ1v) is 11.5. The first kappa shape index (κ1) is 21.4. The highest BCUT2D eigenvalue weighted by Crippen LogP contribution is 2.31. The summed E-state index contributed by atoms with van der Waals surface area (Å²) in [4.78, 5) is 13.2. The second kappa shape index (κ2) is 8.73. The Bertz CT molecular complexity index is 1360. The molecular formula is C21H17N3O6S2. The van der Waals surface area contributed by atoms with Gasteiger partial charge < -0.3 is 19.7 Å². The minimum Gasteiger partial charge on any atom is -0.506 e. The van der Waals surface area contributed by atoms with E-state index in [-0.39, 0.29) is 27.7 Å². The topological polar surface area (TPSA) is 131 Å². The summed E-state index contributed by atoms with van der Waals surface area (Å²) in [6, 6.07) is 15.2. The van der Waals surface area contributed by atoms with E-state index in [0.29, 0.717) is 11.5 Å². The number of ether oxygens (including phenoxy) is 1. The highest BCUT2D eigenvalue weighted by atomic mass is 32.2. The summed E-state index contributed by atoms with van der Waals surface area (Å²) in [5.41, 5.74) is 0.129. The van der Waals surface area contributed by atoms with Crippen molar-refractivity contribution < 1.29 is 27.6 Å². The maximum atomic E-state index is 12.8. The van der Waals surface area contributed by atoms with Crippen LogP contribution in [-0.4, -0.2) is 31.7 Å². The van der Waals surface area contributed by atoms with E-state index >= 15 is 0 Å². The molecule has 0 bridgehead atoms. The molecule has 1 amide bonds. The zero-order valence-electron chi connectivity index (χ0n) is 16.6. The van der Waals surface area contributed by atoms with Gasteiger partial charge in [0.2, 0.25) is 0 Å². The Morgan fingerprint density at radius 3 is 2.66 bits per heavy atom. The molecule has 4 rings (SSSR count). The number of aromatic hydroxyl groups is 1. The fraction of sp³-hybridized carbons (Fsp3) is 0.0476. The van der Waals surface area contributed by atoms with Crippen LogP contribution in [0.25, 0.3) is 10.6 Å². The van der Waals surface area contributed by atoms with E-state index in [1.165, 1.54) is 36.6 Å². The molecular weight excluding hydrogens is 454 g/mol. The number of carbonyl (C=O) groups is 1. The molecule has 0 spiro atoms. The molecule has 0 aliphatic carbocycles. The second-order valence-electron chi connectivity index (χ2n) is 6.49. The van der Waals surface area contributed by atoms with Gasteiger partial charge in [-0.05, 0) is 41.8 Å². The molecule has 0 fully saturated rings. The van der Waals surface area contributed by atoms with Crippen molar-refractivity contribution in [3.63, 3.8) is 0 Å². The molecule has 164 valence electrons. The summed E-state index contributed by atoms with van der Waals surface area (Å²) in [5, 5.41) is 18.2. The van der Waals surface area contributed by atoms with Crippen LogP contribution in [0.4, 0.5) is 11.4 Å². The lowest BCUT2D eigenvalue weighted by Gasteiger charge is -2.13. The highest BCUT2D eigenvalue weighted by Gasteiger charge is 2.20. The molecule has 2 aromatic carbocycles. The third kappa shape index (κ3) is 4.43. The molecule has 2 heterocycles. The molecule has 3 N–H and O–H groups in total. The van der Waals surface area contributed by atoms with Crippen LogP contribution in [0.2, 0.25) is 0 Å². The number of benzene rings is 2. The SMILES string of the molecule is COc1ccccc1NS(=O)(=O)c1ccc(O)c(NC(=O)c2cc(-c3cccs3)on2)c1. The first-order chi connectivity index (χ1) is 15.4. The van der Waals surface area contributed by atoms with Gasteiger partial charge in [0.1, 0.15) is 11.5 Å². The van der Waals surface area contributed by atoms with Crippen LogP contribution in [0.1, 0.15) is 10.5 Å². The van der Waals surface area contributed by atoms with Gasteiger partial charge in [0.15, 0.2) is 11.5 Å². The Kier molecular flexibility index (Phi) is 5.84. The van der Waals surface area contributed by atoms with Crippen molar-refractivity contribution in [2.75, 3.05) is 17.1 Å². The number of rotatable bonds is 7. The van der Waals surface area contributed by atoms with Gasteiger partial charge in [-0.1, -0.05) is 23.4 Å². The summed E-state index contributed by atoms with van der Waals surface area (Å²) in [7, 11) is -2.61. The van der Waals surface area contributed by atoms with Gasteiger partial charge >= 0.3 is 0 Å². The quantitative estimate of drug-likeness (QED) is 0.345. The van der Waals surface area contributed by atoms with Crippen LogP contribution < -0.4 is 14.8 Å². The Balaban J connectivity index is 1.56. The second-order valence-corrected chi connectivity index (χ2v) is 9.12. The fourth-order valence-corrected chi connectivity index (χ4v) is 4.59. The lowest BCUT2D eigenvalue weighted by atomic mass is 10.2. The van der Waals surface area contributed by atoms with Gasteiger partial charge in [0, 0.05) is 6.07 Å². The van der Waals surface area contributed by atoms with Crippen molar-refractivity contribution in [3.8, 4) is 22.1 Å². The van der Waals surface area contributed by atoms with Gasteiger partial charge in [-0.2, -0.15) is 0 Å². The van der Waals surface area contributed by atoms with E-state index in [9.17, 15) is 18.3 Å². The predicted molar refractivity (Wildman–Crippen MR) is 120 cm³/mol. The molecule has 0 saturated carbocycles. The van der Waals surface area contributed by atoms with Gasteiger partial charge in [-0.3, -0.25) is 9.52 Å². The van der Waals surface area contributed by atoms with Crippen LogP contribution in [0.5, 0.6) is 11.5 Å². The average Bonchev–Trinajstić information content (AvgIpc) is 3.47. The summed E-state index contributed by atoms with van der Waals surface area (Å²) in [5.74, 6) is -0.210. The molecule has 4 aromatic rings. The van der Waals surface area contributed by atoms with E-state index < -0.39 is 15.9 Å². The number of hydrogen-bond donors (Lipinski definition) is 3. The molecule has 0 unspecified atom stereocenters. The normalized spacial score (nSPS) is 11.2. The van der Waals surface area contributed by atoms with Crippen molar-refractivity contribution in [1.29, 1.82) is 0 Å². The van der Waals surface area contributed by atoms with Crippen LogP contribution in [0.15, 0.2) is 75.5 Å². The van der Waals surface area contributed by atoms with E-state index in [1.807, 2.05) is 17.5 Å². The Morgan fingerprint density at radius 1 is 1.09 bits per heavy atom. The van der Waals surface area contributed by atoms with Crippen molar-refractivity contribution in [3.05, 3.63) is 71.7 Å². The standard InChI is InChI=1S/C21H17N3O6S2/c1-29-18-6-3-2-5-14(18)24-32(27,28)13-8-9-17(25)15(11-13)22-21(26)16-12-19(30-23-16)20-7-4-10-31-20/h2-12,24-25H,1H3,(H,22,26). The number of amides is 1. The molecule has 2 aromatic heterocycles. The number of methoxy groups -OCH3 is 1. The third-order valence-corrected chi connectivity index (χ3v) is 6.63. The largest absolute Gasteiger partial charge is 0.506 e. The van der Waals surface area contributed by atoms with E-state index in [4.69, 9.17) is 9.26 Å². The number of anilines is 2. The third-order valence-electron chi connectivity index (χ3n) is 4.38. The molecule has 0 aliphatic rings. The maximum Gasteiger partial charge on any atom is 0.277 e. The molecule has 0 aliphatic heterocycles. The number of nitrogens with zero attached hydrogens (tertiary/aromatic N) is 1. The van der Waals surface area contributed by atoms with E-state index in [1.54, 1.807) is 24.3 Å². The summed E-state index contributed by atoms with van der Waals surface area (Å²) < 4.78 is 38.4. The van der Waals surface area contributed by atoms with Gasteiger partial charge in [0.05, 0.1) is 28.3 Å².